The molecule has 2 heterocycles. The second-order valence-corrected chi connectivity index (χ2v) is 6.39. The first kappa shape index (κ1) is 14.1. The molecule has 1 unspecified atom stereocenters. The highest BCUT2D eigenvalue weighted by molar-refractivity contribution is 7.89. The Hall–Kier alpha value is -1.29. The van der Waals surface area contributed by atoms with E-state index in [2.05, 4.69) is 20.1 Å². The van der Waals surface area contributed by atoms with Crippen molar-refractivity contribution in [3.63, 3.8) is 0 Å². The van der Waals surface area contributed by atoms with Crippen molar-refractivity contribution in [3.8, 4) is 0 Å². The highest BCUT2D eigenvalue weighted by atomic mass is 32.2. The minimum Gasteiger partial charge on any atom is -0.380 e. The van der Waals surface area contributed by atoms with Crippen molar-refractivity contribution in [1.29, 1.82) is 0 Å². The largest absolute Gasteiger partial charge is 0.380 e. The van der Waals surface area contributed by atoms with E-state index in [4.69, 9.17) is 10.6 Å². The molecule has 1 atom stereocenters. The first-order valence-electron chi connectivity index (χ1n) is 5.86. The number of rotatable bonds is 4. The van der Waals surface area contributed by atoms with E-state index in [0.717, 1.165) is 12.8 Å². The molecule has 1 aromatic heterocycles. The van der Waals surface area contributed by atoms with Crippen molar-refractivity contribution >= 4 is 16.0 Å². The smallest absolute Gasteiger partial charge is 0.244 e. The van der Waals surface area contributed by atoms with Gasteiger partial charge in [-0.3, -0.25) is 5.43 Å². The minimum absolute atomic E-state index is 0.00158. The number of nitrogens with one attached hydrogen (secondary N) is 2. The number of hydrogen-bond donors (Lipinski definition) is 3. The predicted molar refractivity (Wildman–Crippen MR) is 68.6 cm³/mol. The molecular weight excluding hydrogens is 270 g/mol. The average Bonchev–Trinajstić information content (AvgIpc) is 2.38. The fourth-order valence-corrected chi connectivity index (χ4v) is 3.24. The van der Waals surface area contributed by atoms with Crippen LogP contribution in [0.2, 0.25) is 0 Å². The molecule has 4 N–H and O–H groups in total. The van der Waals surface area contributed by atoms with Crippen molar-refractivity contribution in [2.75, 3.05) is 18.6 Å². The van der Waals surface area contributed by atoms with Gasteiger partial charge >= 0.3 is 0 Å². The van der Waals surface area contributed by atoms with Crippen LogP contribution < -0.4 is 16.0 Å². The zero-order valence-corrected chi connectivity index (χ0v) is 11.4. The Kier molecular flexibility index (Phi) is 3.99. The number of aromatic nitrogens is 2. The fourth-order valence-electron chi connectivity index (χ4n) is 1.93. The Morgan fingerprint density at radius 1 is 1.42 bits per heavy atom. The van der Waals surface area contributed by atoms with Gasteiger partial charge in [0.05, 0.1) is 24.5 Å². The summed E-state index contributed by atoms with van der Waals surface area (Å²) in [5, 5.41) is 0. The summed E-state index contributed by atoms with van der Waals surface area (Å²) in [6.07, 6.45) is 3.97. The van der Waals surface area contributed by atoms with E-state index < -0.39 is 15.6 Å². The minimum atomic E-state index is -3.67. The number of nitrogen functional groups attached to an aromatic ring is 1. The van der Waals surface area contributed by atoms with E-state index in [1.165, 1.54) is 12.4 Å². The normalized spacial score (nSPS) is 24.1. The molecule has 8 nitrogen and oxygen atoms in total. The highest BCUT2D eigenvalue weighted by Crippen LogP contribution is 2.21. The van der Waals surface area contributed by atoms with E-state index in [1.807, 2.05) is 6.92 Å². The average molecular weight is 287 g/mol. The monoisotopic (exact) mass is 287 g/mol. The summed E-state index contributed by atoms with van der Waals surface area (Å²) < 4.78 is 32.4. The summed E-state index contributed by atoms with van der Waals surface area (Å²) in [7, 11) is -3.67. The van der Waals surface area contributed by atoms with Gasteiger partial charge in [0.1, 0.15) is 4.90 Å². The third kappa shape index (κ3) is 3.38. The Balaban J connectivity index is 2.17. The number of nitrogens with zero attached hydrogens (tertiary/aromatic N) is 2. The maximum atomic E-state index is 12.2. The lowest BCUT2D eigenvalue weighted by Gasteiger charge is -2.33. The molecule has 1 fully saturated rings. The third-order valence-corrected chi connectivity index (χ3v) is 4.48. The number of sulfonamides is 1. The van der Waals surface area contributed by atoms with Crippen LogP contribution >= 0.6 is 0 Å². The van der Waals surface area contributed by atoms with Crippen LogP contribution in [0, 0.1) is 0 Å². The predicted octanol–water partition coefficient (Wildman–Crippen LogP) is -0.390. The van der Waals surface area contributed by atoms with Crippen LogP contribution in [-0.4, -0.2) is 37.1 Å². The van der Waals surface area contributed by atoms with Crippen LogP contribution in [0.15, 0.2) is 17.3 Å². The molecule has 0 aliphatic carbocycles. The van der Waals surface area contributed by atoms with Crippen LogP contribution in [0.1, 0.15) is 19.8 Å². The van der Waals surface area contributed by atoms with Crippen molar-refractivity contribution < 1.29 is 13.2 Å². The molecule has 1 saturated heterocycles. The molecule has 0 amide bonds. The lowest BCUT2D eigenvalue weighted by atomic mass is 9.97. The fraction of sp³-hybridized carbons (Fsp3) is 0.600. The quantitative estimate of drug-likeness (QED) is 0.509. The van der Waals surface area contributed by atoms with Gasteiger partial charge in [-0.1, -0.05) is 0 Å². The van der Waals surface area contributed by atoms with E-state index in [0.29, 0.717) is 13.2 Å². The van der Waals surface area contributed by atoms with Gasteiger partial charge < -0.3 is 4.74 Å². The topological polar surface area (TPSA) is 119 Å². The Labute approximate surface area is 111 Å². The molecule has 9 heteroatoms. The van der Waals surface area contributed by atoms with Crippen molar-refractivity contribution in [1.82, 2.24) is 14.7 Å². The van der Waals surface area contributed by atoms with Crippen molar-refractivity contribution in [2.24, 2.45) is 5.84 Å². The molecule has 0 saturated carbocycles. The van der Waals surface area contributed by atoms with E-state index in [1.54, 1.807) is 0 Å². The number of hydrogen-bond acceptors (Lipinski definition) is 7. The van der Waals surface area contributed by atoms with Crippen LogP contribution in [0.25, 0.3) is 0 Å². The molecule has 1 aliphatic rings. The summed E-state index contributed by atoms with van der Waals surface area (Å²) in [6.45, 7) is 2.84. The molecule has 0 aromatic carbocycles. The molecule has 1 aliphatic heterocycles. The lowest BCUT2D eigenvalue weighted by Crippen LogP contribution is -2.51. The van der Waals surface area contributed by atoms with Gasteiger partial charge in [-0.15, -0.1) is 0 Å². The van der Waals surface area contributed by atoms with Gasteiger partial charge in [-0.05, 0) is 19.8 Å². The Bertz CT molecular complexity index is 525. The number of anilines is 1. The van der Waals surface area contributed by atoms with Crippen LogP contribution in [0.5, 0.6) is 0 Å². The second-order valence-electron chi connectivity index (χ2n) is 4.71. The van der Waals surface area contributed by atoms with Gasteiger partial charge in [0.15, 0.2) is 0 Å². The molecule has 1 aromatic rings. The SMILES string of the molecule is CC1(NS(=O)(=O)c2cnc(NN)nc2)CCCOC1. The maximum Gasteiger partial charge on any atom is 0.244 e. The summed E-state index contributed by atoms with van der Waals surface area (Å²) in [5.41, 5.74) is 1.64. The second kappa shape index (κ2) is 5.37. The third-order valence-electron chi connectivity index (χ3n) is 2.89. The maximum absolute atomic E-state index is 12.2. The Morgan fingerprint density at radius 3 is 2.63 bits per heavy atom. The van der Waals surface area contributed by atoms with Gasteiger partial charge in [0, 0.05) is 6.61 Å². The van der Waals surface area contributed by atoms with E-state index in [9.17, 15) is 8.42 Å². The number of ether oxygens (including phenoxy) is 1. The van der Waals surface area contributed by atoms with Crippen molar-refractivity contribution in [2.45, 2.75) is 30.2 Å². The lowest BCUT2D eigenvalue weighted by molar-refractivity contribution is 0.0386. The summed E-state index contributed by atoms with van der Waals surface area (Å²) in [5.74, 6) is 5.28. The molecule has 2 rings (SSSR count). The van der Waals surface area contributed by atoms with Gasteiger partial charge in [0.2, 0.25) is 16.0 Å². The Morgan fingerprint density at radius 2 is 2.11 bits per heavy atom. The summed E-state index contributed by atoms with van der Waals surface area (Å²) in [4.78, 5) is 7.56. The molecule has 0 radical (unpaired) electrons. The molecule has 0 bridgehead atoms. The summed E-state index contributed by atoms with van der Waals surface area (Å²) in [6, 6.07) is 0. The van der Waals surface area contributed by atoms with Gasteiger partial charge in [-0.2, -0.15) is 0 Å². The van der Waals surface area contributed by atoms with Gasteiger partial charge in [0.25, 0.3) is 0 Å². The van der Waals surface area contributed by atoms with Crippen molar-refractivity contribution in [3.05, 3.63) is 12.4 Å². The van der Waals surface area contributed by atoms with Gasteiger partial charge in [-0.25, -0.2) is 29.0 Å². The van der Waals surface area contributed by atoms with Crippen LogP contribution in [0.3, 0.4) is 0 Å². The van der Waals surface area contributed by atoms with E-state index >= 15 is 0 Å². The first-order valence-corrected chi connectivity index (χ1v) is 7.34. The zero-order valence-electron chi connectivity index (χ0n) is 10.6. The molecular formula is C10H17N5O3S. The summed E-state index contributed by atoms with van der Waals surface area (Å²) >= 11 is 0. The number of nitrogens with two attached hydrogens (primary N) is 1. The highest BCUT2D eigenvalue weighted by Gasteiger charge is 2.33. The zero-order chi connectivity index (χ0) is 13.9. The van der Waals surface area contributed by atoms with E-state index in [-0.39, 0.29) is 10.8 Å². The van der Waals surface area contributed by atoms with Crippen LogP contribution in [-0.2, 0) is 14.8 Å². The standard InChI is InChI=1S/C10H17N5O3S/c1-10(3-2-4-18-7-10)15-19(16,17)8-5-12-9(14-11)13-6-8/h5-6,15H,2-4,7,11H2,1H3,(H,12,13,14). The molecule has 106 valence electrons. The molecule has 0 spiro atoms. The first-order chi connectivity index (χ1) is 8.95. The van der Waals surface area contributed by atoms with Crippen LogP contribution in [0.4, 0.5) is 5.95 Å². The number of hydrazine groups is 1. The molecule has 19 heavy (non-hydrogen) atoms.